The highest BCUT2D eigenvalue weighted by atomic mass is 16.6. The molecule has 0 fully saturated rings. The highest BCUT2D eigenvalue weighted by molar-refractivity contribution is 6.14. The number of amides is 1. The van der Waals surface area contributed by atoms with Crippen LogP contribution in [0, 0.1) is 0 Å². The van der Waals surface area contributed by atoms with Crippen LogP contribution in [0.4, 0.5) is 16.2 Å². The summed E-state index contributed by atoms with van der Waals surface area (Å²) in [4.78, 5) is 27.7. The minimum absolute atomic E-state index is 0.125. The number of hydrogen-bond acceptors (Lipinski definition) is 6. The van der Waals surface area contributed by atoms with E-state index in [1.807, 2.05) is 60.7 Å². The summed E-state index contributed by atoms with van der Waals surface area (Å²) in [5, 5.41) is 0. The van der Waals surface area contributed by atoms with Crippen LogP contribution < -0.4 is 23.8 Å². The van der Waals surface area contributed by atoms with Crippen molar-refractivity contribution in [3.63, 3.8) is 0 Å². The first kappa shape index (κ1) is 23.7. The van der Waals surface area contributed by atoms with E-state index >= 15 is 0 Å². The van der Waals surface area contributed by atoms with Gasteiger partial charge in [-0.2, -0.15) is 0 Å². The van der Waals surface area contributed by atoms with E-state index in [4.69, 9.17) is 18.9 Å². The Morgan fingerprint density at radius 3 is 2.11 bits per heavy atom. The van der Waals surface area contributed by atoms with Crippen molar-refractivity contribution in [2.24, 2.45) is 0 Å². The number of ether oxygens (including phenoxy) is 4. The molecule has 0 atom stereocenters. The maximum atomic E-state index is 13.3. The third-order valence-electron chi connectivity index (χ3n) is 5.78. The average Bonchev–Trinajstić information content (AvgIpc) is 3.23. The van der Waals surface area contributed by atoms with Crippen molar-refractivity contribution in [3.8, 4) is 23.0 Å². The Labute approximate surface area is 214 Å². The van der Waals surface area contributed by atoms with E-state index in [0.29, 0.717) is 39.8 Å². The Morgan fingerprint density at radius 1 is 0.811 bits per heavy atom. The number of Topliss-reactive ketones (excluding diaryl/α,β-unsaturated/α-hetero) is 1. The van der Waals surface area contributed by atoms with Crippen LogP contribution in [-0.4, -0.2) is 26.1 Å². The lowest BCUT2D eigenvalue weighted by Crippen LogP contribution is -2.29. The van der Waals surface area contributed by atoms with E-state index in [9.17, 15) is 9.59 Å². The topological polar surface area (TPSA) is 74.3 Å². The number of methoxy groups -OCH3 is 2. The van der Waals surface area contributed by atoms with Gasteiger partial charge in [-0.1, -0.05) is 48.5 Å². The number of para-hydroxylation sites is 3. The molecule has 5 rings (SSSR count). The van der Waals surface area contributed by atoms with Gasteiger partial charge in [0.25, 0.3) is 0 Å². The second kappa shape index (κ2) is 10.3. The van der Waals surface area contributed by atoms with Gasteiger partial charge in [-0.05, 0) is 48.5 Å². The van der Waals surface area contributed by atoms with Crippen LogP contribution in [0.3, 0.4) is 0 Å². The van der Waals surface area contributed by atoms with Gasteiger partial charge >= 0.3 is 6.09 Å². The molecule has 7 heteroatoms. The molecule has 7 nitrogen and oxygen atoms in total. The molecule has 4 aromatic rings. The van der Waals surface area contributed by atoms with Crippen LogP contribution in [0.15, 0.2) is 103 Å². The zero-order valence-corrected chi connectivity index (χ0v) is 20.2. The number of ketones is 1. The molecule has 0 spiro atoms. The first-order valence-corrected chi connectivity index (χ1v) is 11.5. The predicted molar refractivity (Wildman–Crippen MR) is 140 cm³/mol. The molecule has 0 N–H and O–H groups in total. The fourth-order valence-electron chi connectivity index (χ4n) is 4.06. The fraction of sp³-hybridized carbons (Fsp3) is 0.0667. The summed E-state index contributed by atoms with van der Waals surface area (Å²) in [7, 11) is 3.07. The molecular formula is C30H23NO6. The molecule has 37 heavy (non-hydrogen) atoms. The molecule has 0 bridgehead atoms. The standard InChI is InChI=1S/C30H23NO6/c1-34-25-15-9-10-20(29(25)35-2)18-27-28(32)24-17-16-23(19-26(24)37-27)36-30(33)31(21-11-5-3-6-12-21)22-13-7-4-8-14-22/h3-19H,1-2H3/b27-18-. The van der Waals surface area contributed by atoms with Crippen molar-refractivity contribution in [1.29, 1.82) is 0 Å². The summed E-state index contributed by atoms with van der Waals surface area (Å²) in [6.45, 7) is 0. The summed E-state index contributed by atoms with van der Waals surface area (Å²) in [6.07, 6.45) is 1.00. The van der Waals surface area contributed by atoms with E-state index in [0.717, 1.165) is 0 Å². The van der Waals surface area contributed by atoms with Gasteiger partial charge in [0.2, 0.25) is 5.78 Å². The third kappa shape index (κ3) is 4.75. The normalized spacial score (nSPS) is 13.0. The maximum absolute atomic E-state index is 13.3. The van der Waals surface area contributed by atoms with Gasteiger partial charge in [0.1, 0.15) is 11.5 Å². The molecule has 184 valence electrons. The number of hydrogen-bond donors (Lipinski definition) is 0. The molecule has 0 saturated heterocycles. The van der Waals surface area contributed by atoms with Crippen molar-refractivity contribution in [2.75, 3.05) is 19.1 Å². The molecule has 1 aliphatic rings. The number of carbonyl (C=O) groups is 2. The zero-order chi connectivity index (χ0) is 25.8. The molecule has 0 radical (unpaired) electrons. The first-order chi connectivity index (χ1) is 18.1. The minimum atomic E-state index is -0.599. The van der Waals surface area contributed by atoms with E-state index in [-0.39, 0.29) is 17.3 Å². The number of benzene rings is 4. The fourth-order valence-corrected chi connectivity index (χ4v) is 4.06. The molecular weight excluding hydrogens is 470 g/mol. The van der Waals surface area contributed by atoms with Crippen LogP contribution in [-0.2, 0) is 0 Å². The smallest absolute Gasteiger partial charge is 0.424 e. The molecule has 0 saturated carbocycles. The number of anilines is 2. The highest BCUT2D eigenvalue weighted by Crippen LogP contribution is 2.38. The van der Waals surface area contributed by atoms with Crippen molar-refractivity contribution in [3.05, 3.63) is 114 Å². The third-order valence-corrected chi connectivity index (χ3v) is 5.78. The van der Waals surface area contributed by atoms with Gasteiger partial charge in [-0.3, -0.25) is 4.79 Å². The molecule has 1 heterocycles. The Kier molecular flexibility index (Phi) is 6.59. The Morgan fingerprint density at radius 2 is 1.49 bits per heavy atom. The second-order valence-corrected chi connectivity index (χ2v) is 8.05. The highest BCUT2D eigenvalue weighted by Gasteiger charge is 2.29. The largest absolute Gasteiger partial charge is 0.493 e. The molecule has 0 unspecified atom stereocenters. The monoisotopic (exact) mass is 493 g/mol. The van der Waals surface area contributed by atoms with Gasteiger partial charge in [-0.25, -0.2) is 9.69 Å². The summed E-state index contributed by atoms with van der Waals surface area (Å²) < 4.78 is 22.3. The number of nitrogens with zero attached hydrogens (tertiary/aromatic N) is 1. The van der Waals surface area contributed by atoms with Crippen LogP contribution >= 0.6 is 0 Å². The van der Waals surface area contributed by atoms with Crippen molar-refractivity contribution < 1.29 is 28.5 Å². The quantitative estimate of drug-likeness (QED) is 0.280. The van der Waals surface area contributed by atoms with E-state index in [1.54, 1.807) is 43.5 Å². The lowest BCUT2D eigenvalue weighted by Gasteiger charge is -2.22. The molecule has 4 aromatic carbocycles. The number of carbonyl (C=O) groups excluding carboxylic acids is 2. The van der Waals surface area contributed by atoms with Gasteiger partial charge in [-0.15, -0.1) is 0 Å². The lowest BCUT2D eigenvalue weighted by atomic mass is 10.1. The minimum Gasteiger partial charge on any atom is -0.493 e. The summed E-state index contributed by atoms with van der Waals surface area (Å²) >= 11 is 0. The predicted octanol–water partition coefficient (Wildman–Crippen LogP) is 6.66. The molecule has 0 aliphatic carbocycles. The van der Waals surface area contributed by atoms with Crippen LogP contribution in [0.5, 0.6) is 23.0 Å². The van der Waals surface area contributed by atoms with Gasteiger partial charge < -0.3 is 18.9 Å². The molecule has 0 aromatic heterocycles. The van der Waals surface area contributed by atoms with Crippen LogP contribution in [0.1, 0.15) is 15.9 Å². The maximum Gasteiger partial charge on any atom is 0.424 e. The molecule has 1 aliphatic heterocycles. The van der Waals surface area contributed by atoms with Crippen LogP contribution in [0.2, 0.25) is 0 Å². The average molecular weight is 494 g/mol. The van der Waals surface area contributed by atoms with Crippen LogP contribution in [0.25, 0.3) is 6.08 Å². The van der Waals surface area contributed by atoms with E-state index < -0.39 is 6.09 Å². The van der Waals surface area contributed by atoms with Crippen molar-refractivity contribution >= 4 is 29.3 Å². The van der Waals surface area contributed by atoms with Crippen molar-refractivity contribution in [2.45, 2.75) is 0 Å². The summed E-state index contributed by atoms with van der Waals surface area (Å²) in [5.41, 5.74) is 2.31. The Balaban J connectivity index is 1.41. The molecule has 1 amide bonds. The summed E-state index contributed by atoms with van der Waals surface area (Å²) in [5.74, 6) is 1.41. The summed E-state index contributed by atoms with van der Waals surface area (Å²) in [6, 6.07) is 28.5. The van der Waals surface area contributed by atoms with Gasteiger partial charge in [0.15, 0.2) is 17.3 Å². The van der Waals surface area contributed by atoms with Crippen molar-refractivity contribution in [1.82, 2.24) is 0 Å². The Hall–Kier alpha value is -5.04. The number of fused-ring (bicyclic) bond motifs is 1. The number of allylic oxidation sites excluding steroid dienone is 1. The van der Waals surface area contributed by atoms with Gasteiger partial charge in [0, 0.05) is 11.6 Å². The van der Waals surface area contributed by atoms with Gasteiger partial charge in [0.05, 0.1) is 31.2 Å². The van der Waals surface area contributed by atoms with E-state index in [2.05, 4.69) is 0 Å². The SMILES string of the molecule is COc1cccc(/C=C2\Oc3cc(OC(=O)N(c4ccccc4)c4ccccc4)ccc3C2=O)c1OC. The Bertz CT molecular complexity index is 1440. The lowest BCUT2D eigenvalue weighted by molar-refractivity contribution is 0.101. The zero-order valence-electron chi connectivity index (χ0n) is 20.2. The number of rotatable bonds is 6. The van der Waals surface area contributed by atoms with E-state index in [1.165, 1.54) is 18.1 Å². The second-order valence-electron chi connectivity index (χ2n) is 8.05. The first-order valence-electron chi connectivity index (χ1n) is 11.5.